The van der Waals surface area contributed by atoms with Crippen molar-refractivity contribution in [2.24, 2.45) is 7.05 Å². The van der Waals surface area contributed by atoms with Gasteiger partial charge in [-0.25, -0.2) is 4.79 Å². The van der Waals surface area contributed by atoms with Gasteiger partial charge in [-0.1, -0.05) is 6.07 Å². The lowest BCUT2D eigenvalue weighted by Crippen LogP contribution is -2.31. The molecule has 3 aromatic rings. The van der Waals surface area contributed by atoms with Crippen LogP contribution in [0.5, 0.6) is 0 Å². The van der Waals surface area contributed by atoms with Gasteiger partial charge in [-0.15, -0.1) is 0 Å². The molecule has 0 aliphatic heterocycles. The molecule has 0 saturated carbocycles. The molecule has 24 heavy (non-hydrogen) atoms. The Morgan fingerprint density at radius 1 is 1.21 bits per heavy atom. The largest absolute Gasteiger partial charge is 0.331 e. The topological polar surface area (TPSA) is 63.9 Å². The van der Waals surface area contributed by atoms with Gasteiger partial charge in [0.25, 0.3) is 0 Å². The third-order valence-corrected chi connectivity index (χ3v) is 4.09. The van der Waals surface area contributed by atoms with Crippen molar-refractivity contribution in [2.45, 2.75) is 19.9 Å². The van der Waals surface area contributed by atoms with Crippen molar-refractivity contribution in [3.05, 3.63) is 66.2 Å². The summed E-state index contributed by atoms with van der Waals surface area (Å²) >= 11 is 0. The molecule has 2 heterocycles. The van der Waals surface area contributed by atoms with Gasteiger partial charge in [0.1, 0.15) is 0 Å². The second kappa shape index (κ2) is 6.62. The van der Waals surface area contributed by atoms with Crippen molar-refractivity contribution in [2.75, 3.05) is 5.32 Å². The Morgan fingerprint density at radius 2 is 1.96 bits per heavy atom. The number of amides is 2. The van der Waals surface area contributed by atoms with E-state index in [-0.39, 0.29) is 12.1 Å². The average Bonchev–Trinajstić information content (AvgIpc) is 3.19. The summed E-state index contributed by atoms with van der Waals surface area (Å²) < 4.78 is 3.79. The molecule has 0 aliphatic rings. The van der Waals surface area contributed by atoms with Crippen LogP contribution in [0.3, 0.4) is 0 Å². The smallest absolute Gasteiger partial charge is 0.319 e. The standard InChI is InChI=1S/C18H21N5O/c1-13(17-12-19-22(3)14(17)2)20-18(24)21-15-7-6-8-16(11-15)23-9-4-5-10-23/h4-13H,1-3H3,(H2,20,21,24)/t13-/m1/s1. The Balaban J connectivity index is 1.67. The predicted molar refractivity (Wildman–Crippen MR) is 94.3 cm³/mol. The first-order chi connectivity index (χ1) is 11.5. The van der Waals surface area contributed by atoms with Gasteiger partial charge >= 0.3 is 6.03 Å². The van der Waals surface area contributed by atoms with Gasteiger partial charge in [0.05, 0.1) is 12.2 Å². The van der Waals surface area contributed by atoms with E-state index in [1.807, 2.05) is 74.3 Å². The van der Waals surface area contributed by atoms with Crippen LogP contribution >= 0.6 is 0 Å². The Kier molecular flexibility index (Phi) is 4.37. The van der Waals surface area contributed by atoms with Crippen molar-refractivity contribution in [1.82, 2.24) is 19.7 Å². The third-order valence-electron chi connectivity index (χ3n) is 4.09. The Bertz CT molecular complexity index is 835. The zero-order valence-electron chi connectivity index (χ0n) is 14.0. The summed E-state index contributed by atoms with van der Waals surface area (Å²) in [6, 6.07) is 11.3. The number of urea groups is 1. The van der Waals surface area contributed by atoms with E-state index in [9.17, 15) is 4.79 Å². The molecule has 6 nitrogen and oxygen atoms in total. The molecule has 0 saturated heterocycles. The molecule has 1 atom stereocenters. The molecule has 0 spiro atoms. The van der Waals surface area contributed by atoms with E-state index < -0.39 is 0 Å². The van der Waals surface area contributed by atoms with E-state index in [0.717, 1.165) is 22.6 Å². The average molecular weight is 323 g/mol. The van der Waals surface area contributed by atoms with Crippen LogP contribution in [-0.4, -0.2) is 20.4 Å². The highest BCUT2D eigenvalue weighted by Gasteiger charge is 2.14. The van der Waals surface area contributed by atoms with Gasteiger partial charge in [-0.2, -0.15) is 5.10 Å². The lowest BCUT2D eigenvalue weighted by molar-refractivity contribution is 0.249. The highest BCUT2D eigenvalue weighted by Crippen LogP contribution is 2.17. The summed E-state index contributed by atoms with van der Waals surface area (Å²) in [5, 5.41) is 10.0. The van der Waals surface area contributed by atoms with Gasteiger partial charge in [0.2, 0.25) is 0 Å². The Hall–Kier alpha value is -3.02. The monoisotopic (exact) mass is 323 g/mol. The zero-order chi connectivity index (χ0) is 17.1. The number of aromatic nitrogens is 3. The fourth-order valence-corrected chi connectivity index (χ4v) is 2.63. The maximum Gasteiger partial charge on any atom is 0.319 e. The maximum absolute atomic E-state index is 12.3. The molecule has 0 aliphatic carbocycles. The minimum absolute atomic E-state index is 0.119. The molecule has 3 rings (SSSR count). The molecule has 1 aromatic carbocycles. The van der Waals surface area contributed by atoms with Crippen LogP contribution in [0.4, 0.5) is 10.5 Å². The Labute approximate surface area is 141 Å². The number of carbonyl (C=O) groups excluding carboxylic acids is 1. The van der Waals surface area contributed by atoms with Crippen LogP contribution in [0.25, 0.3) is 5.69 Å². The van der Waals surface area contributed by atoms with Gasteiger partial charge in [-0.3, -0.25) is 4.68 Å². The van der Waals surface area contributed by atoms with E-state index in [1.165, 1.54) is 0 Å². The summed E-state index contributed by atoms with van der Waals surface area (Å²) in [6.45, 7) is 3.93. The minimum atomic E-state index is -0.240. The van der Waals surface area contributed by atoms with Crippen molar-refractivity contribution < 1.29 is 4.79 Å². The van der Waals surface area contributed by atoms with Crippen molar-refractivity contribution >= 4 is 11.7 Å². The molecular weight excluding hydrogens is 302 g/mol. The number of anilines is 1. The summed E-state index contributed by atoms with van der Waals surface area (Å²) in [5.41, 5.74) is 3.79. The molecule has 0 radical (unpaired) electrons. The summed E-state index contributed by atoms with van der Waals surface area (Å²) in [5.74, 6) is 0. The fourth-order valence-electron chi connectivity index (χ4n) is 2.63. The second-order valence-electron chi connectivity index (χ2n) is 5.77. The number of nitrogens with one attached hydrogen (secondary N) is 2. The van der Waals surface area contributed by atoms with E-state index in [0.29, 0.717) is 0 Å². The molecule has 2 aromatic heterocycles. The molecular formula is C18H21N5O. The fraction of sp³-hybridized carbons (Fsp3) is 0.222. The van der Waals surface area contributed by atoms with Crippen LogP contribution < -0.4 is 10.6 Å². The molecule has 6 heteroatoms. The van der Waals surface area contributed by atoms with Crippen molar-refractivity contribution in [1.29, 1.82) is 0 Å². The lowest BCUT2D eigenvalue weighted by atomic mass is 10.1. The quantitative estimate of drug-likeness (QED) is 0.773. The van der Waals surface area contributed by atoms with Crippen LogP contribution in [0.15, 0.2) is 55.0 Å². The summed E-state index contributed by atoms with van der Waals surface area (Å²) in [4.78, 5) is 12.3. The van der Waals surface area contributed by atoms with Crippen LogP contribution in [-0.2, 0) is 7.05 Å². The van der Waals surface area contributed by atoms with Crippen molar-refractivity contribution in [3.63, 3.8) is 0 Å². The third kappa shape index (κ3) is 3.32. The van der Waals surface area contributed by atoms with Gasteiger partial charge in [-0.05, 0) is 44.2 Å². The van der Waals surface area contributed by atoms with Crippen molar-refractivity contribution in [3.8, 4) is 5.69 Å². The van der Waals surface area contributed by atoms with E-state index >= 15 is 0 Å². The summed E-state index contributed by atoms with van der Waals surface area (Å²) in [6.07, 6.45) is 5.71. The SMILES string of the molecule is Cc1c([C@@H](C)NC(=O)Nc2cccc(-n3cccc3)c2)cnn1C. The Morgan fingerprint density at radius 3 is 2.62 bits per heavy atom. The molecule has 0 fully saturated rings. The molecule has 2 amide bonds. The molecule has 2 N–H and O–H groups in total. The molecule has 0 bridgehead atoms. The predicted octanol–water partition coefficient (Wildman–Crippen LogP) is 3.40. The highest BCUT2D eigenvalue weighted by atomic mass is 16.2. The van der Waals surface area contributed by atoms with Crippen LogP contribution in [0.2, 0.25) is 0 Å². The number of nitrogens with zero attached hydrogens (tertiary/aromatic N) is 3. The normalized spacial score (nSPS) is 12.0. The number of carbonyl (C=O) groups is 1. The first kappa shape index (κ1) is 15.9. The van der Waals surface area contributed by atoms with Crippen LogP contribution in [0, 0.1) is 6.92 Å². The minimum Gasteiger partial charge on any atom is -0.331 e. The molecule has 0 unspecified atom stereocenters. The number of hydrogen-bond acceptors (Lipinski definition) is 2. The van der Waals surface area contributed by atoms with E-state index in [1.54, 1.807) is 10.9 Å². The highest BCUT2D eigenvalue weighted by molar-refractivity contribution is 5.89. The van der Waals surface area contributed by atoms with E-state index in [2.05, 4.69) is 15.7 Å². The maximum atomic E-state index is 12.3. The summed E-state index contributed by atoms with van der Waals surface area (Å²) in [7, 11) is 1.89. The lowest BCUT2D eigenvalue weighted by Gasteiger charge is -2.15. The van der Waals surface area contributed by atoms with Gasteiger partial charge in [0.15, 0.2) is 0 Å². The van der Waals surface area contributed by atoms with E-state index in [4.69, 9.17) is 0 Å². The number of rotatable bonds is 4. The number of benzene rings is 1. The zero-order valence-corrected chi connectivity index (χ0v) is 14.0. The van der Waals surface area contributed by atoms with Crippen LogP contribution in [0.1, 0.15) is 24.2 Å². The van der Waals surface area contributed by atoms with Gasteiger partial charge < -0.3 is 15.2 Å². The second-order valence-corrected chi connectivity index (χ2v) is 5.77. The molecule has 124 valence electrons. The van der Waals surface area contributed by atoms with Gasteiger partial charge in [0, 0.05) is 42.1 Å². The first-order valence-corrected chi connectivity index (χ1v) is 7.84. The first-order valence-electron chi connectivity index (χ1n) is 7.84. The number of hydrogen-bond donors (Lipinski definition) is 2. The number of aryl methyl sites for hydroxylation is 1.